The number of halogens is 4. The van der Waals surface area contributed by atoms with Crippen molar-refractivity contribution in [3.8, 4) is 0 Å². The summed E-state index contributed by atoms with van der Waals surface area (Å²) < 4.78 is 40.8. The lowest BCUT2D eigenvalue weighted by molar-refractivity contribution is 0.509. The summed E-state index contributed by atoms with van der Waals surface area (Å²) in [5.74, 6) is -2.13. The lowest BCUT2D eigenvalue weighted by Gasteiger charge is -2.13. The second-order valence-corrected chi connectivity index (χ2v) is 5.90. The van der Waals surface area contributed by atoms with Crippen molar-refractivity contribution in [2.24, 2.45) is 0 Å². The van der Waals surface area contributed by atoms with Crippen LogP contribution < -0.4 is 16.4 Å². The van der Waals surface area contributed by atoms with Crippen LogP contribution in [0.25, 0.3) is 0 Å². The zero-order valence-corrected chi connectivity index (χ0v) is 14.1. The predicted molar refractivity (Wildman–Crippen MR) is 93.5 cm³/mol. The number of benzene rings is 2. The number of hydrogen-bond acceptors (Lipinski definition) is 5. The highest BCUT2D eigenvalue weighted by Gasteiger charge is 2.12. The molecule has 0 radical (unpaired) electrons. The highest BCUT2D eigenvalue weighted by Crippen LogP contribution is 2.30. The molecule has 0 atom stereocenters. The molecular formula is C16H11BrF3N5. The first-order chi connectivity index (χ1) is 11.9. The van der Waals surface area contributed by atoms with Gasteiger partial charge in [0.25, 0.3) is 0 Å². The van der Waals surface area contributed by atoms with Crippen LogP contribution in [0.5, 0.6) is 0 Å². The fraction of sp³-hybridized carbons (Fsp3) is 0. The van der Waals surface area contributed by atoms with Gasteiger partial charge in [-0.25, -0.2) is 23.1 Å². The van der Waals surface area contributed by atoms with Gasteiger partial charge in [0.05, 0.1) is 5.69 Å². The summed E-state index contributed by atoms with van der Waals surface area (Å²) in [6, 6.07) is 7.75. The van der Waals surface area contributed by atoms with Gasteiger partial charge in [-0.3, -0.25) is 0 Å². The summed E-state index contributed by atoms with van der Waals surface area (Å²) in [7, 11) is 0. The largest absolute Gasteiger partial charge is 0.393 e. The Morgan fingerprint density at radius 2 is 1.56 bits per heavy atom. The molecule has 25 heavy (non-hydrogen) atoms. The Kier molecular flexibility index (Phi) is 4.75. The number of nitrogens with one attached hydrogen (secondary N) is 2. The van der Waals surface area contributed by atoms with E-state index >= 15 is 0 Å². The van der Waals surface area contributed by atoms with Crippen LogP contribution in [0.2, 0.25) is 0 Å². The third-order valence-corrected chi connectivity index (χ3v) is 3.74. The van der Waals surface area contributed by atoms with Crippen molar-refractivity contribution in [3.63, 3.8) is 0 Å². The standard InChI is InChI=1S/C16H11BrF3N5/c17-8-1-4-13(12(20)5-8)25-16-14(21)15(22-7-23-16)24-9-2-3-10(18)11(19)6-9/h1-7H,21H2,(H2,22,23,24,25). The number of nitrogens with two attached hydrogens (primary N) is 1. The Labute approximate surface area is 149 Å². The van der Waals surface area contributed by atoms with Gasteiger partial charge in [-0.1, -0.05) is 15.9 Å². The van der Waals surface area contributed by atoms with Gasteiger partial charge in [-0.15, -0.1) is 0 Å². The molecule has 5 nitrogen and oxygen atoms in total. The van der Waals surface area contributed by atoms with Crippen molar-refractivity contribution in [3.05, 3.63) is 64.6 Å². The van der Waals surface area contributed by atoms with Gasteiger partial charge in [0.15, 0.2) is 23.3 Å². The zero-order valence-electron chi connectivity index (χ0n) is 12.5. The zero-order chi connectivity index (χ0) is 18.0. The maximum Gasteiger partial charge on any atom is 0.160 e. The molecule has 0 spiro atoms. The molecular weight excluding hydrogens is 399 g/mol. The molecule has 0 amide bonds. The SMILES string of the molecule is Nc1c(Nc2ccc(F)c(F)c2)ncnc1Nc1ccc(Br)cc1F. The van der Waals surface area contributed by atoms with Crippen molar-refractivity contribution in [1.82, 2.24) is 9.97 Å². The van der Waals surface area contributed by atoms with Crippen molar-refractivity contribution in [2.75, 3.05) is 16.4 Å². The number of rotatable bonds is 4. The van der Waals surface area contributed by atoms with Gasteiger partial charge in [0.1, 0.15) is 17.8 Å². The van der Waals surface area contributed by atoms with Gasteiger partial charge in [0, 0.05) is 16.2 Å². The Balaban J connectivity index is 1.87. The highest BCUT2D eigenvalue weighted by atomic mass is 79.9. The van der Waals surface area contributed by atoms with E-state index in [0.29, 0.717) is 4.47 Å². The first kappa shape index (κ1) is 17.0. The average molecular weight is 410 g/mol. The minimum Gasteiger partial charge on any atom is -0.393 e. The van der Waals surface area contributed by atoms with E-state index in [2.05, 4.69) is 36.5 Å². The third-order valence-electron chi connectivity index (χ3n) is 3.25. The molecule has 0 aliphatic rings. The molecule has 0 bridgehead atoms. The lowest BCUT2D eigenvalue weighted by atomic mass is 10.3. The molecule has 3 aromatic rings. The monoisotopic (exact) mass is 409 g/mol. The van der Waals surface area contributed by atoms with Crippen LogP contribution in [0, 0.1) is 17.5 Å². The summed E-state index contributed by atoms with van der Waals surface area (Å²) in [5.41, 5.74) is 6.50. The maximum atomic E-state index is 13.9. The van der Waals surface area contributed by atoms with E-state index in [4.69, 9.17) is 5.73 Å². The molecule has 3 rings (SSSR count). The van der Waals surface area contributed by atoms with E-state index in [9.17, 15) is 13.2 Å². The molecule has 0 aliphatic heterocycles. The molecule has 0 aliphatic carbocycles. The summed E-state index contributed by atoms with van der Waals surface area (Å²) in [6.07, 6.45) is 1.21. The summed E-state index contributed by atoms with van der Waals surface area (Å²) >= 11 is 3.17. The van der Waals surface area contributed by atoms with Gasteiger partial charge >= 0.3 is 0 Å². The van der Waals surface area contributed by atoms with Crippen molar-refractivity contribution >= 4 is 44.6 Å². The Morgan fingerprint density at radius 3 is 2.24 bits per heavy atom. The summed E-state index contributed by atoms with van der Waals surface area (Å²) in [6.45, 7) is 0. The molecule has 2 aromatic carbocycles. The smallest absolute Gasteiger partial charge is 0.160 e. The Morgan fingerprint density at radius 1 is 0.840 bits per heavy atom. The number of anilines is 5. The summed E-state index contributed by atoms with van der Waals surface area (Å²) in [5, 5.41) is 5.53. The molecule has 9 heteroatoms. The molecule has 1 aromatic heterocycles. The third kappa shape index (κ3) is 3.82. The van der Waals surface area contributed by atoms with Crippen LogP contribution in [0.1, 0.15) is 0 Å². The van der Waals surface area contributed by atoms with E-state index in [1.54, 1.807) is 6.07 Å². The van der Waals surface area contributed by atoms with Gasteiger partial charge in [-0.05, 0) is 30.3 Å². The summed E-state index contributed by atoms with van der Waals surface area (Å²) in [4.78, 5) is 7.93. The highest BCUT2D eigenvalue weighted by molar-refractivity contribution is 9.10. The molecule has 0 saturated carbocycles. The van der Waals surface area contributed by atoms with Gasteiger partial charge in [-0.2, -0.15) is 0 Å². The van der Waals surface area contributed by atoms with Crippen LogP contribution in [0.3, 0.4) is 0 Å². The number of nitrogens with zero attached hydrogens (tertiary/aromatic N) is 2. The lowest BCUT2D eigenvalue weighted by Crippen LogP contribution is -2.06. The van der Waals surface area contributed by atoms with E-state index in [1.165, 1.54) is 24.5 Å². The number of aromatic nitrogens is 2. The minimum atomic E-state index is -1.01. The second-order valence-electron chi connectivity index (χ2n) is 4.99. The quantitative estimate of drug-likeness (QED) is 0.580. The normalized spacial score (nSPS) is 10.6. The van der Waals surface area contributed by atoms with Gasteiger partial charge < -0.3 is 16.4 Å². The molecule has 0 saturated heterocycles. The molecule has 0 fully saturated rings. The van der Waals surface area contributed by atoms with Crippen LogP contribution in [-0.2, 0) is 0 Å². The Bertz CT molecular complexity index is 936. The maximum absolute atomic E-state index is 13.9. The molecule has 4 N–H and O–H groups in total. The predicted octanol–water partition coefficient (Wildman–Crippen LogP) is 4.73. The second kappa shape index (κ2) is 6.98. The fourth-order valence-electron chi connectivity index (χ4n) is 2.02. The van der Waals surface area contributed by atoms with E-state index < -0.39 is 17.5 Å². The van der Waals surface area contributed by atoms with E-state index in [0.717, 1.165) is 12.1 Å². The average Bonchev–Trinajstić information content (AvgIpc) is 2.57. The first-order valence-corrected chi connectivity index (χ1v) is 7.78. The van der Waals surface area contributed by atoms with Gasteiger partial charge in [0.2, 0.25) is 0 Å². The van der Waals surface area contributed by atoms with E-state index in [1.807, 2.05) is 0 Å². The van der Waals surface area contributed by atoms with Crippen LogP contribution >= 0.6 is 15.9 Å². The minimum absolute atomic E-state index is 0.0922. The van der Waals surface area contributed by atoms with Crippen molar-refractivity contribution in [2.45, 2.75) is 0 Å². The fourth-order valence-corrected chi connectivity index (χ4v) is 2.36. The topological polar surface area (TPSA) is 75.9 Å². The molecule has 0 unspecified atom stereocenters. The van der Waals surface area contributed by atoms with Crippen molar-refractivity contribution in [1.29, 1.82) is 0 Å². The van der Waals surface area contributed by atoms with Crippen LogP contribution in [0.15, 0.2) is 47.2 Å². The number of hydrogen-bond donors (Lipinski definition) is 3. The number of nitrogen functional groups attached to an aromatic ring is 1. The van der Waals surface area contributed by atoms with E-state index in [-0.39, 0.29) is 28.7 Å². The first-order valence-electron chi connectivity index (χ1n) is 6.98. The van der Waals surface area contributed by atoms with Crippen LogP contribution in [0.4, 0.5) is 41.9 Å². The Hall–Kier alpha value is -2.81. The van der Waals surface area contributed by atoms with Crippen LogP contribution in [-0.4, -0.2) is 9.97 Å². The van der Waals surface area contributed by atoms with Crippen molar-refractivity contribution < 1.29 is 13.2 Å². The molecule has 128 valence electrons. The molecule has 1 heterocycles.